The molecule has 0 radical (unpaired) electrons. The normalized spacial score (nSPS) is 13.4. The summed E-state index contributed by atoms with van der Waals surface area (Å²) in [5, 5.41) is 11.4. The van der Waals surface area contributed by atoms with Crippen LogP contribution in [0.2, 0.25) is 5.15 Å². The van der Waals surface area contributed by atoms with Gasteiger partial charge in [0, 0.05) is 11.6 Å². The van der Waals surface area contributed by atoms with Gasteiger partial charge in [-0.25, -0.2) is 4.98 Å². The average molecular weight is 291 g/mol. The lowest BCUT2D eigenvalue weighted by atomic mass is 10.00. The Labute approximate surface area is 120 Å². The molecule has 1 aromatic heterocycles. The van der Waals surface area contributed by atoms with Crippen molar-refractivity contribution >= 4 is 17.3 Å². The van der Waals surface area contributed by atoms with E-state index in [0.717, 1.165) is 18.4 Å². The van der Waals surface area contributed by atoms with Crippen LogP contribution < -0.4 is 4.74 Å². The van der Waals surface area contributed by atoms with Crippen LogP contribution in [0.25, 0.3) is 11.3 Å². The molecule has 0 saturated carbocycles. The van der Waals surface area contributed by atoms with Crippen molar-refractivity contribution in [3.8, 4) is 17.0 Å². The molecule has 102 valence electrons. The van der Waals surface area contributed by atoms with Crippen LogP contribution in [0, 0.1) is 10.1 Å². The maximum atomic E-state index is 11.2. The molecule has 2 heterocycles. The summed E-state index contributed by atoms with van der Waals surface area (Å²) in [6.45, 7) is 0.610. The van der Waals surface area contributed by atoms with Gasteiger partial charge in [-0.1, -0.05) is 23.7 Å². The molecule has 0 N–H and O–H groups in total. The first-order valence-electron chi connectivity index (χ1n) is 6.23. The number of benzene rings is 1. The summed E-state index contributed by atoms with van der Waals surface area (Å²) in [5.41, 5.74) is 1.85. The van der Waals surface area contributed by atoms with E-state index >= 15 is 0 Å². The molecule has 0 spiro atoms. The summed E-state index contributed by atoms with van der Waals surface area (Å²) < 4.78 is 5.68. The standard InChI is InChI=1S/C14H11ClN2O3/c15-12-7-6-11(17(18)19)13(16-12)10-5-1-3-9-4-2-8-20-14(9)10/h1,3,5-7H,2,4,8H2. The molecule has 3 rings (SSSR count). The zero-order valence-electron chi connectivity index (χ0n) is 10.5. The van der Waals surface area contributed by atoms with Crippen LogP contribution in [-0.4, -0.2) is 16.5 Å². The number of para-hydroxylation sites is 1. The van der Waals surface area contributed by atoms with Crippen molar-refractivity contribution in [1.29, 1.82) is 0 Å². The minimum absolute atomic E-state index is 0.0722. The first kappa shape index (κ1) is 12.9. The lowest BCUT2D eigenvalue weighted by Crippen LogP contribution is -2.09. The predicted molar refractivity (Wildman–Crippen MR) is 75.2 cm³/mol. The fourth-order valence-electron chi connectivity index (χ4n) is 2.35. The molecule has 6 heteroatoms. The van der Waals surface area contributed by atoms with Gasteiger partial charge in [-0.2, -0.15) is 0 Å². The Morgan fingerprint density at radius 2 is 2.15 bits per heavy atom. The molecular formula is C14H11ClN2O3. The first-order valence-corrected chi connectivity index (χ1v) is 6.60. The van der Waals surface area contributed by atoms with Crippen LogP contribution in [-0.2, 0) is 6.42 Å². The first-order chi connectivity index (χ1) is 9.66. The molecule has 5 nitrogen and oxygen atoms in total. The highest BCUT2D eigenvalue weighted by atomic mass is 35.5. The number of nitrogens with zero attached hydrogens (tertiary/aromatic N) is 2. The Hall–Kier alpha value is -2.14. The third-order valence-corrected chi connectivity index (χ3v) is 3.44. The van der Waals surface area contributed by atoms with Gasteiger partial charge in [-0.3, -0.25) is 10.1 Å². The second-order valence-corrected chi connectivity index (χ2v) is 4.89. The molecule has 2 aromatic rings. The molecule has 0 aliphatic carbocycles. The molecule has 1 aromatic carbocycles. The van der Waals surface area contributed by atoms with Crippen molar-refractivity contribution in [2.24, 2.45) is 0 Å². The second-order valence-electron chi connectivity index (χ2n) is 4.50. The molecule has 0 atom stereocenters. The van der Waals surface area contributed by atoms with Crippen LogP contribution >= 0.6 is 11.6 Å². The minimum atomic E-state index is -0.457. The highest BCUT2D eigenvalue weighted by Gasteiger charge is 2.23. The summed E-state index contributed by atoms with van der Waals surface area (Å²) in [4.78, 5) is 14.8. The van der Waals surface area contributed by atoms with Crippen molar-refractivity contribution in [3.05, 3.63) is 51.2 Å². The molecule has 0 unspecified atom stereocenters. The Morgan fingerprint density at radius 1 is 1.30 bits per heavy atom. The van der Waals surface area contributed by atoms with E-state index < -0.39 is 4.92 Å². The van der Waals surface area contributed by atoms with E-state index in [-0.39, 0.29) is 16.5 Å². The molecule has 0 fully saturated rings. The number of fused-ring (bicyclic) bond motifs is 1. The Morgan fingerprint density at radius 3 is 2.95 bits per heavy atom. The summed E-state index contributed by atoms with van der Waals surface area (Å²) in [6, 6.07) is 8.38. The number of hydrogen-bond donors (Lipinski definition) is 0. The summed E-state index contributed by atoms with van der Waals surface area (Å²) in [7, 11) is 0. The molecule has 1 aliphatic heterocycles. The molecule has 20 heavy (non-hydrogen) atoms. The van der Waals surface area contributed by atoms with E-state index in [0.29, 0.717) is 17.9 Å². The van der Waals surface area contributed by atoms with E-state index in [4.69, 9.17) is 16.3 Å². The summed E-state index contributed by atoms with van der Waals surface area (Å²) >= 11 is 5.88. The Kier molecular flexibility index (Phi) is 3.28. The quantitative estimate of drug-likeness (QED) is 0.481. The van der Waals surface area contributed by atoms with Crippen LogP contribution in [0.15, 0.2) is 30.3 Å². The van der Waals surface area contributed by atoms with E-state index in [9.17, 15) is 10.1 Å². The second kappa shape index (κ2) is 5.09. The van der Waals surface area contributed by atoms with E-state index in [2.05, 4.69) is 4.98 Å². The maximum Gasteiger partial charge on any atom is 0.295 e. The van der Waals surface area contributed by atoms with Crippen molar-refractivity contribution in [1.82, 2.24) is 4.98 Å². The lowest BCUT2D eigenvalue weighted by molar-refractivity contribution is -0.384. The topological polar surface area (TPSA) is 65.3 Å². The molecule has 0 bridgehead atoms. The fraction of sp³-hybridized carbons (Fsp3) is 0.214. The number of hydrogen-bond acceptors (Lipinski definition) is 4. The summed E-state index contributed by atoms with van der Waals surface area (Å²) in [5.74, 6) is 0.677. The van der Waals surface area contributed by atoms with Gasteiger partial charge < -0.3 is 4.74 Å². The van der Waals surface area contributed by atoms with Gasteiger partial charge in [-0.05, 0) is 30.5 Å². The zero-order chi connectivity index (χ0) is 14.1. The van der Waals surface area contributed by atoms with Gasteiger partial charge >= 0.3 is 0 Å². The fourth-order valence-corrected chi connectivity index (χ4v) is 2.50. The maximum absolute atomic E-state index is 11.2. The number of aryl methyl sites for hydroxylation is 1. The molecular weight excluding hydrogens is 280 g/mol. The van der Waals surface area contributed by atoms with Gasteiger partial charge in [0.25, 0.3) is 5.69 Å². The van der Waals surface area contributed by atoms with Gasteiger partial charge in [0.05, 0.1) is 11.5 Å². The van der Waals surface area contributed by atoms with Crippen molar-refractivity contribution < 1.29 is 9.66 Å². The van der Waals surface area contributed by atoms with Crippen LogP contribution in [0.1, 0.15) is 12.0 Å². The number of rotatable bonds is 2. The average Bonchev–Trinajstić information content (AvgIpc) is 2.46. The zero-order valence-corrected chi connectivity index (χ0v) is 11.3. The SMILES string of the molecule is O=[N+]([O-])c1ccc(Cl)nc1-c1cccc2c1OCCC2. The monoisotopic (exact) mass is 290 g/mol. The van der Waals surface area contributed by atoms with E-state index in [1.807, 2.05) is 12.1 Å². The van der Waals surface area contributed by atoms with Crippen molar-refractivity contribution in [2.75, 3.05) is 6.61 Å². The van der Waals surface area contributed by atoms with Gasteiger partial charge in [0.2, 0.25) is 0 Å². The number of halogens is 1. The van der Waals surface area contributed by atoms with Gasteiger partial charge in [0.1, 0.15) is 10.9 Å². The van der Waals surface area contributed by atoms with Gasteiger partial charge in [-0.15, -0.1) is 0 Å². The number of aromatic nitrogens is 1. The number of ether oxygens (including phenoxy) is 1. The third-order valence-electron chi connectivity index (χ3n) is 3.23. The van der Waals surface area contributed by atoms with E-state index in [1.54, 1.807) is 6.07 Å². The molecule has 0 saturated heterocycles. The summed E-state index contributed by atoms with van der Waals surface area (Å²) in [6.07, 6.45) is 1.85. The minimum Gasteiger partial charge on any atom is -0.493 e. The largest absolute Gasteiger partial charge is 0.493 e. The van der Waals surface area contributed by atoms with Crippen molar-refractivity contribution in [3.63, 3.8) is 0 Å². The number of nitro groups is 1. The lowest BCUT2D eigenvalue weighted by Gasteiger charge is -2.20. The van der Waals surface area contributed by atoms with Gasteiger partial charge in [0.15, 0.2) is 5.69 Å². The van der Waals surface area contributed by atoms with Crippen LogP contribution in [0.5, 0.6) is 5.75 Å². The van der Waals surface area contributed by atoms with Crippen LogP contribution in [0.3, 0.4) is 0 Å². The Balaban J connectivity index is 2.23. The predicted octanol–water partition coefficient (Wildman–Crippen LogP) is 3.64. The van der Waals surface area contributed by atoms with E-state index in [1.165, 1.54) is 12.1 Å². The highest BCUT2D eigenvalue weighted by Crippen LogP contribution is 2.39. The smallest absolute Gasteiger partial charge is 0.295 e. The van der Waals surface area contributed by atoms with Crippen molar-refractivity contribution in [2.45, 2.75) is 12.8 Å². The number of pyridine rings is 1. The Bertz CT molecular complexity index is 688. The van der Waals surface area contributed by atoms with Crippen LogP contribution in [0.4, 0.5) is 5.69 Å². The molecule has 1 aliphatic rings. The third kappa shape index (κ3) is 2.20. The molecule has 0 amide bonds. The highest BCUT2D eigenvalue weighted by molar-refractivity contribution is 6.29.